The van der Waals surface area contributed by atoms with E-state index in [0.29, 0.717) is 22.2 Å². The van der Waals surface area contributed by atoms with Crippen LogP contribution in [0.1, 0.15) is 15.9 Å². The minimum Gasteiger partial charge on any atom is -0.423 e. The second-order valence-electron chi connectivity index (χ2n) is 4.81. The summed E-state index contributed by atoms with van der Waals surface area (Å²) in [7, 11) is 0. The molecule has 7 heteroatoms. The minimum atomic E-state index is -0.405. The molecule has 0 bridgehead atoms. The molecule has 120 valence electrons. The van der Waals surface area contributed by atoms with Crippen molar-refractivity contribution in [3.8, 4) is 5.75 Å². The maximum atomic E-state index is 11.9. The third-order valence-corrected chi connectivity index (χ3v) is 3.91. The fourth-order valence-electron chi connectivity index (χ4n) is 1.89. The Morgan fingerprint density at radius 2 is 1.88 bits per heavy atom. The highest BCUT2D eigenvalue weighted by Crippen LogP contribution is 2.14. The molecule has 3 rings (SSSR count). The smallest absolute Gasteiger partial charge is 0.343 e. The summed E-state index contributed by atoms with van der Waals surface area (Å²) in [6, 6.07) is 15.7. The summed E-state index contributed by atoms with van der Waals surface area (Å²) >= 11 is 1.31. The van der Waals surface area contributed by atoms with Crippen molar-refractivity contribution in [2.75, 3.05) is 5.75 Å². The van der Waals surface area contributed by atoms with E-state index in [2.05, 4.69) is 15.5 Å². The van der Waals surface area contributed by atoms with Crippen molar-refractivity contribution in [3.05, 3.63) is 65.7 Å². The molecule has 1 fully saturated rings. The average molecular weight is 339 g/mol. The van der Waals surface area contributed by atoms with Crippen molar-refractivity contribution in [1.82, 2.24) is 5.32 Å². The van der Waals surface area contributed by atoms with Crippen LogP contribution in [0.3, 0.4) is 0 Å². The number of rotatable bonds is 4. The molecule has 24 heavy (non-hydrogen) atoms. The van der Waals surface area contributed by atoms with Gasteiger partial charge in [-0.1, -0.05) is 30.0 Å². The van der Waals surface area contributed by atoms with E-state index in [1.807, 2.05) is 6.07 Å². The molecule has 6 nitrogen and oxygen atoms in total. The van der Waals surface area contributed by atoms with E-state index in [9.17, 15) is 9.59 Å². The van der Waals surface area contributed by atoms with Gasteiger partial charge in [0.2, 0.25) is 5.91 Å². The van der Waals surface area contributed by atoms with Crippen molar-refractivity contribution >= 4 is 35.0 Å². The zero-order valence-electron chi connectivity index (χ0n) is 12.5. The predicted octanol–water partition coefficient (Wildman–Crippen LogP) is 2.46. The lowest BCUT2D eigenvalue weighted by atomic mass is 10.2. The van der Waals surface area contributed by atoms with Crippen LogP contribution in [-0.2, 0) is 4.79 Å². The lowest BCUT2D eigenvalue weighted by Crippen LogP contribution is -2.19. The van der Waals surface area contributed by atoms with Gasteiger partial charge in [0, 0.05) is 0 Å². The van der Waals surface area contributed by atoms with E-state index in [1.165, 1.54) is 11.8 Å². The van der Waals surface area contributed by atoms with Gasteiger partial charge in [-0.3, -0.25) is 4.79 Å². The number of amides is 1. The van der Waals surface area contributed by atoms with Crippen molar-refractivity contribution in [3.63, 3.8) is 0 Å². The first-order valence-electron chi connectivity index (χ1n) is 7.12. The summed E-state index contributed by atoms with van der Waals surface area (Å²) in [6.45, 7) is 0. The third-order valence-electron chi connectivity index (χ3n) is 3.04. The van der Waals surface area contributed by atoms with Gasteiger partial charge in [0.05, 0.1) is 17.5 Å². The number of carbonyl (C=O) groups excluding carboxylic acids is 2. The zero-order chi connectivity index (χ0) is 16.8. The number of hydrogen-bond acceptors (Lipinski definition) is 6. The van der Waals surface area contributed by atoms with Crippen LogP contribution in [0, 0.1) is 0 Å². The third kappa shape index (κ3) is 4.30. The van der Waals surface area contributed by atoms with Crippen LogP contribution >= 0.6 is 11.8 Å². The molecular weight excluding hydrogens is 326 g/mol. The highest BCUT2D eigenvalue weighted by atomic mass is 32.2. The first-order chi connectivity index (χ1) is 11.7. The normalized spacial score (nSPS) is 15.7. The molecular formula is C17H13N3O3S. The van der Waals surface area contributed by atoms with Crippen LogP contribution in [-0.4, -0.2) is 29.0 Å². The van der Waals surface area contributed by atoms with Crippen LogP contribution < -0.4 is 10.1 Å². The summed E-state index contributed by atoms with van der Waals surface area (Å²) in [5.74, 6) is 0.345. The number of nitrogens with zero attached hydrogens (tertiary/aromatic N) is 2. The van der Waals surface area contributed by atoms with E-state index >= 15 is 0 Å². The first-order valence-corrected chi connectivity index (χ1v) is 8.10. The Labute approximate surface area is 142 Å². The van der Waals surface area contributed by atoms with Gasteiger partial charge in [0.1, 0.15) is 5.75 Å². The average Bonchev–Trinajstić information content (AvgIpc) is 3.02. The molecule has 1 N–H and O–H groups in total. The SMILES string of the molecule is O=C1CS/C(=N/N=Cc2ccc(OC(=O)c3ccccc3)cc2)N1. The van der Waals surface area contributed by atoms with Gasteiger partial charge in [0.15, 0.2) is 5.17 Å². The van der Waals surface area contributed by atoms with Crippen LogP contribution in [0.2, 0.25) is 0 Å². The van der Waals surface area contributed by atoms with Gasteiger partial charge in [-0.25, -0.2) is 4.79 Å². The van der Waals surface area contributed by atoms with E-state index in [1.54, 1.807) is 54.7 Å². The number of amidine groups is 1. The van der Waals surface area contributed by atoms with Gasteiger partial charge in [-0.2, -0.15) is 5.10 Å². The van der Waals surface area contributed by atoms with Crippen LogP contribution in [0.5, 0.6) is 5.75 Å². The fourth-order valence-corrected chi connectivity index (χ4v) is 2.52. The lowest BCUT2D eigenvalue weighted by Gasteiger charge is -2.04. The van der Waals surface area contributed by atoms with Crippen molar-refractivity contribution in [1.29, 1.82) is 0 Å². The molecule has 1 aliphatic rings. The second kappa shape index (κ2) is 7.56. The molecule has 0 radical (unpaired) electrons. The summed E-state index contributed by atoms with van der Waals surface area (Å²) in [5.41, 5.74) is 1.29. The number of nitrogens with one attached hydrogen (secondary N) is 1. The standard InChI is InChI=1S/C17H13N3O3S/c21-15-11-24-17(19-15)20-18-10-12-6-8-14(9-7-12)23-16(22)13-4-2-1-3-5-13/h1-10H,11H2,(H,19,20,21). The number of hydrogen-bond donors (Lipinski definition) is 1. The van der Waals surface area contributed by atoms with Crippen molar-refractivity contribution in [2.24, 2.45) is 10.2 Å². The molecule has 0 aromatic heterocycles. The van der Waals surface area contributed by atoms with Gasteiger partial charge < -0.3 is 10.1 Å². The van der Waals surface area contributed by atoms with E-state index < -0.39 is 5.97 Å². The molecule has 1 saturated heterocycles. The minimum absolute atomic E-state index is 0.0708. The maximum Gasteiger partial charge on any atom is 0.343 e. The quantitative estimate of drug-likeness (QED) is 0.402. The topological polar surface area (TPSA) is 80.1 Å². The fraction of sp³-hybridized carbons (Fsp3) is 0.0588. The highest BCUT2D eigenvalue weighted by Gasteiger charge is 2.15. The largest absolute Gasteiger partial charge is 0.423 e. The number of benzene rings is 2. The van der Waals surface area contributed by atoms with Crippen LogP contribution in [0.4, 0.5) is 0 Å². The highest BCUT2D eigenvalue weighted by molar-refractivity contribution is 8.15. The maximum absolute atomic E-state index is 11.9. The molecule has 1 aliphatic heterocycles. The summed E-state index contributed by atoms with van der Waals surface area (Å²) in [5, 5.41) is 10.9. The number of esters is 1. The predicted molar refractivity (Wildman–Crippen MR) is 93.5 cm³/mol. The zero-order valence-corrected chi connectivity index (χ0v) is 13.3. The Balaban J connectivity index is 1.59. The van der Waals surface area contributed by atoms with E-state index in [0.717, 1.165) is 5.56 Å². The number of ether oxygens (including phenoxy) is 1. The summed E-state index contributed by atoms with van der Waals surface area (Å²) in [4.78, 5) is 23.0. The monoisotopic (exact) mass is 339 g/mol. The molecule has 0 spiro atoms. The van der Waals surface area contributed by atoms with Gasteiger partial charge in [-0.05, 0) is 42.0 Å². The Bertz CT molecular complexity index is 802. The van der Waals surface area contributed by atoms with Gasteiger partial charge >= 0.3 is 5.97 Å². The Hall–Kier alpha value is -2.93. The Kier molecular flexibility index (Phi) is 5.02. The molecule has 0 aliphatic carbocycles. The Morgan fingerprint density at radius 1 is 1.12 bits per heavy atom. The molecule has 0 unspecified atom stereocenters. The molecule has 2 aromatic carbocycles. The van der Waals surface area contributed by atoms with Crippen molar-refractivity contribution in [2.45, 2.75) is 0 Å². The van der Waals surface area contributed by atoms with E-state index in [4.69, 9.17) is 4.74 Å². The summed E-state index contributed by atoms with van der Waals surface area (Å²) in [6.07, 6.45) is 1.56. The van der Waals surface area contributed by atoms with Crippen LogP contribution in [0.15, 0.2) is 64.8 Å². The van der Waals surface area contributed by atoms with E-state index in [-0.39, 0.29) is 5.91 Å². The molecule has 1 amide bonds. The van der Waals surface area contributed by atoms with Gasteiger partial charge in [-0.15, -0.1) is 5.10 Å². The number of thioether (sulfide) groups is 1. The molecule has 0 atom stereocenters. The summed E-state index contributed by atoms with van der Waals surface area (Å²) < 4.78 is 5.29. The van der Waals surface area contributed by atoms with Gasteiger partial charge in [0.25, 0.3) is 0 Å². The second-order valence-corrected chi connectivity index (χ2v) is 5.78. The van der Waals surface area contributed by atoms with Crippen LogP contribution in [0.25, 0.3) is 0 Å². The molecule has 1 heterocycles. The number of carbonyl (C=O) groups is 2. The molecule has 2 aromatic rings. The lowest BCUT2D eigenvalue weighted by molar-refractivity contribution is -0.116. The van der Waals surface area contributed by atoms with Crippen molar-refractivity contribution < 1.29 is 14.3 Å². The Morgan fingerprint density at radius 3 is 2.54 bits per heavy atom. The molecule has 0 saturated carbocycles. The first kappa shape index (κ1) is 15.9.